The van der Waals surface area contributed by atoms with Crippen molar-refractivity contribution in [3.05, 3.63) is 21.9 Å². The second-order valence-corrected chi connectivity index (χ2v) is 10.7. The van der Waals surface area contributed by atoms with Crippen molar-refractivity contribution in [1.29, 1.82) is 0 Å². The molecule has 26 heavy (non-hydrogen) atoms. The minimum absolute atomic E-state index is 0.127. The van der Waals surface area contributed by atoms with Gasteiger partial charge in [0, 0.05) is 31.1 Å². The van der Waals surface area contributed by atoms with Crippen molar-refractivity contribution in [2.75, 3.05) is 32.5 Å². The summed E-state index contributed by atoms with van der Waals surface area (Å²) in [5.41, 5.74) is -0.143. The van der Waals surface area contributed by atoms with Crippen LogP contribution in [0.3, 0.4) is 0 Å². The van der Waals surface area contributed by atoms with Crippen LogP contribution in [0.25, 0.3) is 0 Å². The largest absolute Gasteiger partial charge is 0.375 e. The zero-order chi connectivity index (χ0) is 18.8. The lowest BCUT2D eigenvalue weighted by atomic mass is 9.78. The van der Waals surface area contributed by atoms with Gasteiger partial charge in [0.25, 0.3) is 5.91 Å². The maximum atomic E-state index is 12.6. The molecule has 1 aromatic heterocycles. The van der Waals surface area contributed by atoms with Crippen molar-refractivity contribution >= 4 is 27.3 Å². The summed E-state index contributed by atoms with van der Waals surface area (Å²) in [4.78, 5) is 16.5. The summed E-state index contributed by atoms with van der Waals surface area (Å²) in [6.45, 7) is 4.68. The van der Waals surface area contributed by atoms with Gasteiger partial charge in [-0.1, -0.05) is 0 Å². The highest BCUT2D eigenvalue weighted by Crippen LogP contribution is 2.39. The summed E-state index contributed by atoms with van der Waals surface area (Å²) in [7, 11) is -3.12. The molecule has 0 saturated carbocycles. The lowest BCUT2D eigenvalue weighted by molar-refractivity contribution is -0.124. The van der Waals surface area contributed by atoms with E-state index < -0.39 is 10.0 Å². The summed E-state index contributed by atoms with van der Waals surface area (Å²) in [6, 6.07) is 3.90. The second kappa shape index (κ2) is 7.96. The Morgan fingerprint density at radius 1 is 1.38 bits per heavy atom. The fraction of sp³-hybridized carbons (Fsp3) is 0.722. The number of ether oxygens (including phenoxy) is 1. The maximum absolute atomic E-state index is 12.6. The molecular formula is C18H28N2O4S2. The monoisotopic (exact) mass is 400 g/mol. The molecule has 0 radical (unpaired) electrons. The Balaban J connectivity index is 1.51. The number of hydrogen-bond donors (Lipinski definition) is 1. The van der Waals surface area contributed by atoms with E-state index in [9.17, 15) is 13.2 Å². The van der Waals surface area contributed by atoms with Gasteiger partial charge in [0.1, 0.15) is 0 Å². The third kappa shape index (κ3) is 5.06. The van der Waals surface area contributed by atoms with E-state index in [4.69, 9.17) is 4.74 Å². The first-order valence-electron chi connectivity index (χ1n) is 9.21. The highest BCUT2D eigenvalue weighted by Gasteiger charge is 2.41. The van der Waals surface area contributed by atoms with Gasteiger partial charge < -0.3 is 9.64 Å². The van der Waals surface area contributed by atoms with E-state index in [1.807, 2.05) is 24.0 Å². The van der Waals surface area contributed by atoms with Gasteiger partial charge in [0.2, 0.25) is 10.0 Å². The fourth-order valence-electron chi connectivity index (χ4n) is 4.00. The molecule has 1 N–H and O–H groups in total. The van der Waals surface area contributed by atoms with E-state index in [1.165, 1.54) is 6.26 Å². The SMILES string of the molecule is Cc1ccc(C(=O)N2CCC3(CC2)CC(CCNS(C)(=O)=O)CCO3)s1. The van der Waals surface area contributed by atoms with Gasteiger partial charge in [-0.3, -0.25) is 4.79 Å². The van der Waals surface area contributed by atoms with Gasteiger partial charge in [-0.25, -0.2) is 13.1 Å². The molecule has 1 unspecified atom stereocenters. The van der Waals surface area contributed by atoms with Crippen LogP contribution in [0.15, 0.2) is 12.1 Å². The number of hydrogen-bond acceptors (Lipinski definition) is 5. The number of amides is 1. The van der Waals surface area contributed by atoms with Crippen LogP contribution in [0.1, 0.15) is 46.7 Å². The molecule has 1 aromatic rings. The average Bonchev–Trinajstić information content (AvgIpc) is 3.00. The van der Waals surface area contributed by atoms with Crippen molar-refractivity contribution in [3.63, 3.8) is 0 Å². The molecule has 1 atom stereocenters. The first-order chi connectivity index (χ1) is 12.3. The van der Waals surface area contributed by atoms with Crippen LogP contribution in [0.2, 0.25) is 0 Å². The quantitative estimate of drug-likeness (QED) is 0.823. The van der Waals surface area contributed by atoms with E-state index >= 15 is 0 Å². The number of carbonyl (C=O) groups is 1. The fourth-order valence-corrected chi connectivity index (χ4v) is 5.32. The third-order valence-corrected chi connectivity index (χ3v) is 7.14. The second-order valence-electron chi connectivity index (χ2n) is 7.55. The van der Waals surface area contributed by atoms with Gasteiger partial charge in [-0.2, -0.15) is 0 Å². The predicted octanol–water partition coefficient (Wildman–Crippen LogP) is 2.40. The number of nitrogens with zero attached hydrogens (tertiary/aromatic N) is 1. The molecule has 8 heteroatoms. The first-order valence-corrected chi connectivity index (χ1v) is 11.9. The van der Waals surface area contributed by atoms with Gasteiger partial charge in [-0.05, 0) is 57.1 Å². The van der Waals surface area contributed by atoms with Gasteiger partial charge >= 0.3 is 0 Å². The zero-order valence-corrected chi connectivity index (χ0v) is 17.1. The summed E-state index contributed by atoms with van der Waals surface area (Å²) in [5, 5.41) is 0. The summed E-state index contributed by atoms with van der Waals surface area (Å²) in [6.07, 6.45) is 5.69. The number of thiophene rings is 1. The Labute approximate surface area is 160 Å². The highest BCUT2D eigenvalue weighted by molar-refractivity contribution is 7.88. The number of carbonyl (C=O) groups excluding carboxylic acids is 1. The first kappa shape index (κ1) is 19.8. The molecule has 2 aliphatic heterocycles. The number of sulfonamides is 1. The van der Waals surface area contributed by atoms with Crippen LogP contribution in [-0.4, -0.2) is 57.3 Å². The minimum atomic E-state index is -3.12. The number of aryl methyl sites for hydroxylation is 1. The molecule has 1 spiro atoms. The molecule has 2 fully saturated rings. The van der Waals surface area contributed by atoms with Crippen LogP contribution < -0.4 is 4.72 Å². The van der Waals surface area contributed by atoms with Crippen LogP contribution in [0, 0.1) is 12.8 Å². The molecule has 0 aliphatic carbocycles. The van der Waals surface area contributed by atoms with Gasteiger partial charge in [0.05, 0.1) is 16.7 Å². The number of nitrogens with one attached hydrogen (secondary N) is 1. The molecule has 0 aromatic carbocycles. The Hall–Kier alpha value is -0.960. The number of piperidine rings is 1. The molecule has 2 saturated heterocycles. The molecule has 6 nitrogen and oxygen atoms in total. The van der Waals surface area contributed by atoms with Crippen LogP contribution in [0.5, 0.6) is 0 Å². The minimum Gasteiger partial charge on any atom is -0.375 e. The molecule has 146 valence electrons. The van der Waals surface area contributed by atoms with Crippen LogP contribution in [-0.2, 0) is 14.8 Å². The molecule has 0 bridgehead atoms. The Kier molecular flexibility index (Phi) is 6.06. The Morgan fingerprint density at radius 2 is 2.12 bits per heavy atom. The smallest absolute Gasteiger partial charge is 0.263 e. The molecule has 2 aliphatic rings. The third-order valence-electron chi connectivity index (χ3n) is 5.42. The van der Waals surface area contributed by atoms with E-state index in [1.54, 1.807) is 11.3 Å². The van der Waals surface area contributed by atoms with Gasteiger partial charge in [0.15, 0.2) is 0 Å². The lowest BCUT2D eigenvalue weighted by Gasteiger charge is -2.46. The Morgan fingerprint density at radius 3 is 2.73 bits per heavy atom. The predicted molar refractivity (Wildman–Crippen MR) is 103 cm³/mol. The average molecular weight is 401 g/mol. The zero-order valence-electron chi connectivity index (χ0n) is 15.5. The van der Waals surface area contributed by atoms with E-state index in [0.29, 0.717) is 12.5 Å². The van der Waals surface area contributed by atoms with Crippen LogP contribution >= 0.6 is 11.3 Å². The van der Waals surface area contributed by atoms with Crippen molar-refractivity contribution in [2.45, 2.75) is 44.6 Å². The molecule has 1 amide bonds. The van der Waals surface area contributed by atoms with Gasteiger partial charge in [-0.15, -0.1) is 11.3 Å². The van der Waals surface area contributed by atoms with Crippen molar-refractivity contribution in [3.8, 4) is 0 Å². The van der Waals surface area contributed by atoms with E-state index in [-0.39, 0.29) is 11.5 Å². The highest BCUT2D eigenvalue weighted by atomic mass is 32.2. The molecular weight excluding hydrogens is 372 g/mol. The molecule has 3 rings (SSSR count). The lowest BCUT2D eigenvalue weighted by Crippen LogP contribution is -2.50. The van der Waals surface area contributed by atoms with E-state index in [0.717, 1.165) is 61.6 Å². The standard InChI is InChI=1S/C18H28N2O4S2/c1-14-3-4-16(25-14)17(21)20-10-7-18(8-11-20)13-15(6-12-24-18)5-9-19-26(2,22)23/h3-4,15,19H,5-13H2,1-2H3. The summed E-state index contributed by atoms with van der Waals surface area (Å²) < 4.78 is 31.2. The number of likely N-dealkylation sites (tertiary alicyclic amines) is 1. The summed E-state index contributed by atoms with van der Waals surface area (Å²) in [5.74, 6) is 0.600. The normalized spacial score (nSPS) is 23.3. The van der Waals surface area contributed by atoms with Crippen molar-refractivity contribution < 1.29 is 17.9 Å². The van der Waals surface area contributed by atoms with Crippen molar-refractivity contribution in [2.24, 2.45) is 5.92 Å². The Bertz CT molecular complexity index is 736. The topological polar surface area (TPSA) is 75.7 Å². The van der Waals surface area contributed by atoms with Crippen molar-refractivity contribution in [1.82, 2.24) is 9.62 Å². The molecule has 3 heterocycles. The van der Waals surface area contributed by atoms with Crippen LogP contribution in [0.4, 0.5) is 0 Å². The van der Waals surface area contributed by atoms with E-state index in [2.05, 4.69) is 4.72 Å². The summed E-state index contributed by atoms with van der Waals surface area (Å²) >= 11 is 1.55. The number of rotatable bonds is 5. The maximum Gasteiger partial charge on any atom is 0.263 e.